The number of benzene rings is 1. The van der Waals surface area contributed by atoms with E-state index in [-0.39, 0.29) is 35.1 Å². The predicted octanol–water partition coefficient (Wildman–Crippen LogP) is 1.22. The smallest absolute Gasteiger partial charge is 0.354 e. The molecule has 1 heterocycles. The number of pyridine rings is 1. The molecule has 17 heavy (non-hydrogen) atoms. The monoisotopic (exact) mass is 255 g/mol. The number of hydrogen-bond donors (Lipinski definition) is 4. The summed E-state index contributed by atoms with van der Waals surface area (Å²) in [6.45, 7) is 0. The van der Waals surface area contributed by atoms with Crippen molar-refractivity contribution in [1.82, 2.24) is 4.98 Å². The maximum atomic E-state index is 10.7. The number of fused-ring (bicyclic) bond motifs is 1. The molecule has 0 aliphatic heterocycles. The molecule has 1 aromatic heterocycles. The summed E-state index contributed by atoms with van der Waals surface area (Å²) >= 11 is 0. The lowest BCUT2D eigenvalue weighted by atomic mass is 10.1. The number of carbonyl (C=O) groups is 1. The van der Waals surface area contributed by atoms with Gasteiger partial charge in [-0.1, -0.05) is 0 Å². The number of aromatic hydroxyl groups is 1. The SMILES string of the molecule is Cl.Nc1cc(N)c2nc(C(=O)O)cc(O)c2c1. The number of aromatic nitrogens is 1. The van der Waals surface area contributed by atoms with Gasteiger partial charge in [-0.3, -0.25) is 0 Å². The van der Waals surface area contributed by atoms with Gasteiger partial charge in [0.2, 0.25) is 0 Å². The van der Waals surface area contributed by atoms with Gasteiger partial charge in [0.25, 0.3) is 0 Å². The number of rotatable bonds is 1. The molecule has 0 bridgehead atoms. The highest BCUT2D eigenvalue weighted by molar-refractivity contribution is 5.99. The number of carboxylic acid groups (broad SMARTS) is 1. The van der Waals surface area contributed by atoms with Crippen LogP contribution in [0.15, 0.2) is 18.2 Å². The van der Waals surface area contributed by atoms with E-state index in [1.807, 2.05) is 0 Å². The summed E-state index contributed by atoms with van der Waals surface area (Å²) in [7, 11) is 0. The second kappa shape index (κ2) is 4.34. The maximum absolute atomic E-state index is 10.7. The van der Waals surface area contributed by atoms with Crippen molar-refractivity contribution in [3.8, 4) is 5.75 Å². The minimum atomic E-state index is -1.23. The number of carboxylic acids is 1. The molecular formula is C10H10ClN3O3. The van der Waals surface area contributed by atoms with Crippen LogP contribution in [0.1, 0.15) is 10.5 Å². The molecule has 0 aliphatic carbocycles. The summed E-state index contributed by atoms with van der Waals surface area (Å²) in [4.78, 5) is 14.6. The molecule has 0 unspecified atom stereocenters. The van der Waals surface area contributed by atoms with E-state index >= 15 is 0 Å². The first-order valence-corrected chi connectivity index (χ1v) is 4.41. The van der Waals surface area contributed by atoms with Crippen LogP contribution in [0.25, 0.3) is 10.9 Å². The Balaban J connectivity index is 0.00000144. The standard InChI is InChI=1S/C10H9N3O3.ClH/c11-4-1-5-8(14)3-7(10(15)16)13-9(5)6(12)2-4;/h1-3H,11-12H2,(H,13,14)(H,15,16);1H. The number of nitrogens with two attached hydrogens (primary N) is 2. The topological polar surface area (TPSA) is 122 Å². The Morgan fingerprint density at radius 3 is 2.47 bits per heavy atom. The van der Waals surface area contributed by atoms with Gasteiger partial charge in [0.05, 0.1) is 11.2 Å². The second-order valence-corrected chi connectivity index (χ2v) is 3.34. The third-order valence-corrected chi connectivity index (χ3v) is 2.16. The highest BCUT2D eigenvalue weighted by Gasteiger charge is 2.12. The summed E-state index contributed by atoms with van der Waals surface area (Å²) in [6, 6.07) is 4.00. The Morgan fingerprint density at radius 2 is 1.88 bits per heavy atom. The Morgan fingerprint density at radius 1 is 1.24 bits per heavy atom. The van der Waals surface area contributed by atoms with Crippen LogP contribution in [-0.4, -0.2) is 21.2 Å². The van der Waals surface area contributed by atoms with E-state index in [0.29, 0.717) is 11.1 Å². The van der Waals surface area contributed by atoms with Crippen LogP contribution in [0.2, 0.25) is 0 Å². The van der Waals surface area contributed by atoms with Gasteiger partial charge in [0, 0.05) is 17.1 Å². The largest absolute Gasteiger partial charge is 0.507 e. The Hall–Kier alpha value is -2.21. The number of hydrogen-bond acceptors (Lipinski definition) is 5. The molecule has 1 aromatic carbocycles. The van der Waals surface area contributed by atoms with Crippen LogP contribution in [0, 0.1) is 0 Å². The lowest BCUT2D eigenvalue weighted by molar-refractivity contribution is 0.0690. The fourth-order valence-corrected chi connectivity index (χ4v) is 1.47. The molecule has 0 fully saturated rings. The Bertz CT molecular complexity index is 601. The molecule has 0 aliphatic rings. The molecule has 0 amide bonds. The highest BCUT2D eigenvalue weighted by Crippen LogP contribution is 2.30. The van der Waals surface area contributed by atoms with Gasteiger partial charge >= 0.3 is 5.97 Å². The summed E-state index contributed by atoms with van der Waals surface area (Å²) in [5.74, 6) is -1.44. The van der Waals surface area contributed by atoms with E-state index in [1.54, 1.807) is 0 Å². The minimum absolute atomic E-state index is 0. The maximum Gasteiger partial charge on any atom is 0.354 e. The summed E-state index contributed by atoms with van der Waals surface area (Å²) in [5, 5.41) is 18.7. The number of aromatic carboxylic acids is 1. The molecule has 7 heteroatoms. The lowest BCUT2D eigenvalue weighted by Gasteiger charge is -2.06. The van der Waals surface area contributed by atoms with Gasteiger partial charge in [0.1, 0.15) is 5.75 Å². The lowest BCUT2D eigenvalue weighted by Crippen LogP contribution is -2.02. The van der Waals surface area contributed by atoms with Crippen LogP contribution in [0.4, 0.5) is 11.4 Å². The van der Waals surface area contributed by atoms with Gasteiger partial charge < -0.3 is 21.7 Å². The quantitative estimate of drug-likeness (QED) is 0.568. The van der Waals surface area contributed by atoms with Crippen molar-refractivity contribution in [3.63, 3.8) is 0 Å². The van der Waals surface area contributed by atoms with Gasteiger partial charge in [-0.15, -0.1) is 12.4 Å². The van der Waals surface area contributed by atoms with E-state index in [9.17, 15) is 9.90 Å². The molecule has 6 N–H and O–H groups in total. The number of nitrogen functional groups attached to an aromatic ring is 2. The number of anilines is 2. The van der Waals surface area contributed by atoms with Crippen molar-refractivity contribution >= 4 is 40.7 Å². The predicted molar refractivity (Wildman–Crippen MR) is 66.4 cm³/mol. The van der Waals surface area contributed by atoms with E-state index in [2.05, 4.69) is 4.98 Å². The van der Waals surface area contributed by atoms with E-state index < -0.39 is 5.97 Å². The average Bonchev–Trinajstić information content (AvgIpc) is 2.19. The Kier molecular flexibility index (Phi) is 3.28. The third-order valence-electron chi connectivity index (χ3n) is 2.16. The number of nitrogens with zero attached hydrogens (tertiary/aromatic N) is 1. The molecule has 6 nitrogen and oxygen atoms in total. The van der Waals surface area contributed by atoms with Crippen LogP contribution in [0.3, 0.4) is 0 Å². The molecule has 2 rings (SSSR count). The second-order valence-electron chi connectivity index (χ2n) is 3.34. The summed E-state index contributed by atoms with van der Waals surface area (Å²) < 4.78 is 0. The fraction of sp³-hybridized carbons (Fsp3) is 0. The first-order valence-electron chi connectivity index (χ1n) is 4.41. The Labute approximate surface area is 102 Å². The normalized spacial score (nSPS) is 9.88. The minimum Gasteiger partial charge on any atom is -0.507 e. The van der Waals surface area contributed by atoms with E-state index in [4.69, 9.17) is 16.6 Å². The van der Waals surface area contributed by atoms with Gasteiger partial charge in [-0.05, 0) is 12.1 Å². The zero-order chi connectivity index (χ0) is 11.9. The van der Waals surface area contributed by atoms with Gasteiger partial charge in [0.15, 0.2) is 5.69 Å². The molecule has 0 atom stereocenters. The van der Waals surface area contributed by atoms with Crippen LogP contribution in [-0.2, 0) is 0 Å². The first-order chi connectivity index (χ1) is 7.49. The van der Waals surface area contributed by atoms with Crippen molar-refractivity contribution in [3.05, 3.63) is 23.9 Å². The summed E-state index contributed by atoms with van der Waals surface area (Å²) in [5.41, 5.74) is 11.8. The van der Waals surface area contributed by atoms with Crippen molar-refractivity contribution < 1.29 is 15.0 Å². The van der Waals surface area contributed by atoms with Crippen molar-refractivity contribution in [2.75, 3.05) is 11.5 Å². The van der Waals surface area contributed by atoms with E-state index in [1.165, 1.54) is 12.1 Å². The zero-order valence-corrected chi connectivity index (χ0v) is 9.36. The molecule has 2 aromatic rings. The zero-order valence-electron chi connectivity index (χ0n) is 8.54. The third kappa shape index (κ3) is 2.16. The molecular weight excluding hydrogens is 246 g/mol. The molecule has 0 spiro atoms. The van der Waals surface area contributed by atoms with Crippen LogP contribution in [0.5, 0.6) is 5.75 Å². The average molecular weight is 256 g/mol. The first kappa shape index (κ1) is 12.9. The fourth-order valence-electron chi connectivity index (χ4n) is 1.47. The molecule has 0 saturated heterocycles. The van der Waals surface area contributed by atoms with E-state index in [0.717, 1.165) is 6.07 Å². The summed E-state index contributed by atoms with van der Waals surface area (Å²) in [6.07, 6.45) is 0. The van der Waals surface area contributed by atoms with Crippen molar-refractivity contribution in [1.29, 1.82) is 0 Å². The number of halogens is 1. The van der Waals surface area contributed by atoms with Crippen molar-refractivity contribution in [2.24, 2.45) is 0 Å². The van der Waals surface area contributed by atoms with Gasteiger partial charge in [-0.2, -0.15) is 0 Å². The molecule has 90 valence electrons. The molecule has 0 saturated carbocycles. The van der Waals surface area contributed by atoms with Crippen LogP contribution < -0.4 is 11.5 Å². The van der Waals surface area contributed by atoms with Crippen molar-refractivity contribution in [2.45, 2.75) is 0 Å². The van der Waals surface area contributed by atoms with Gasteiger partial charge in [-0.25, -0.2) is 9.78 Å². The highest BCUT2D eigenvalue weighted by atomic mass is 35.5. The van der Waals surface area contributed by atoms with Crippen LogP contribution >= 0.6 is 12.4 Å². The molecule has 0 radical (unpaired) electrons.